The first-order valence-electron chi connectivity index (χ1n) is 5.15. The van der Waals surface area contributed by atoms with Crippen molar-refractivity contribution in [3.05, 3.63) is 24.0 Å². The van der Waals surface area contributed by atoms with Crippen LogP contribution in [0.2, 0.25) is 0 Å². The third-order valence-electron chi connectivity index (χ3n) is 3.41. The van der Waals surface area contributed by atoms with Crippen molar-refractivity contribution in [3.8, 4) is 0 Å². The molecule has 3 atom stereocenters. The van der Waals surface area contributed by atoms with Gasteiger partial charge in [-0.05, 0) is 36.3 Å². The van der Waals surface area contributed by atoms with E-state index in [1.54, 1.807) is 6.20 Å². The smallest absolute Gasteiger partial charge is 0.0380 e. The summed E-state index contributed by atoms with van der Waals surface area (Å²) in [7, 11) is 0. The minimum atomic E-state index is 0.319. The van der Waals surface area contributed by atoms with Gasteiger partial charge in [0.1, 0.15) is 0 Å². The minimum absolute atomic E-state index is 0.319. The molecule has 0 bridgehead atoms. The van der Waals surface area contributed by atoms with Crippen molar-refractivity contribution in [3.63, 3.8) is 0 Å². The van der Waals surface area contributed by atoms with Crippen LogP contribution in [-0.2, 0) is 0 Å². The van der Waals surface area contributed by atoms with E-state index in [-0.39, 0.29) is 0 Å². The Morgan fingerprint density at radius 1 is 1.43 bits per heavy atom. The fraction of sp³-hybridized carbons (Fsp3) is 0.545. The summed E-state index contributed by atoms with van der Waals surface area (Å²) in [5.74, 6) is 1.01. The molecule has 0 spiro atoms. The van der Waals surface area contributed by atoms with Crippen molar-refractivity contribution in [2.24, 2.45) is 11.7 Å². The Morgan fingerprint density at radius 3 is 2.79 bits per heavy atom. The second kappa shape index (κ2) is 3.58. The van der Waals surface area contributed by atoms with Crippen LogP contribution in [0.4, 0.5) is 5.69 Å². The van der Waals surface area contributed by atoms with Gasteiger partial charge in [0, 0.05) is 24.1 Å². The second-order valence-electron chi connectivity index (χ2n) is 4.21. The molecule has 0 aliphatic heterocycles. The summed E-state index contributed by atoms with van der Waals surface area (Å²) in [5, 5.41) is 0. The summed E-state index contributed by atoms with van der Waals surface area (Å²) in [6, 6.07) is 2.19. The summed E-state index contributed by atoms with van der Waals surface area (Å²) in [6.07, 6.45) is 5.85. The number of nitrogens with two attached hydrogens (primary N) is 2. The highest BCUT2D eigenvalue weighted by molar-refractivity contribution is 5.47. The molecule has 3 heteroatoms. The lowest BCUT2D eigenvalue weighted by Gasteiger charge is -2.19. The molecule has 3 unspecified atom stereocenters. The van der Waals surface area contributed by atoms with Gasteiger partial charge in [-0.3, -0.25) is 4.98 Å². The van der Waals surface area contributed by atoms with Gasteiger partial charge >= 0.3 is 0 Å². The summed E-state index contributed by atoms with van der Waals surface area (Å²) < 4.78 is 0. The maximum atomic E-state index is 5.99. The summed E-state index contributed by atoms with van der Waals surface area (Å²) in [4.78, 5) is 4.13. The minimum Gasteiger partial charge on any atom is -0.398 e. The van der Waals surface area contributed by atoms with Crippen LogP contribution in [0.25, 0.3) is 0 Å². The van der Waals surface area contributed by atoms with Crippen molar-refractivity contribution in [1.82, 2.24) is 4.98 Å². The molecule has 1 aromatic heterocycles. The maximum Gasteiger partial charge on any atom is 0.0380 e. The number of nitrogens with zero attached hydrogens (tertiary/aromatic N) is 1. The van der Waals surface area contributed by atoms with Crippen molar-refractivity contribution in [2.75, 3.05) is 5.73 Å². The Morgan fingerprint density at radius 2 is 2.21 bits per heavy atom. The molecule has 4 N–H and O–H groups in total. The van der Waals surface area contributed by atoms with E-state index in [1.165, 1.54) is 5.56 Å². The highest BCUT2D eigenvalue weighted by atomic mass is 14.7. The van der Waals surface area contributed by atoms with Crippen LogP contribution in [0.5, 0.6) is 0 Å². The van der Waals surface area contributed by atoms with Crippen molar-refractivity contribution >= 4 is 5.69 Å². The van der Waals surface area contributed by atoms with Crippen LogP contribution in [0.1, 0.15) is 31.2 Å². The average molecular weight is 191 g/mol. The van der Waals surface area contributed by atoms with E-state index < -0.39 is 0 Å². The van der Waals surface area contributed by atoms with Gasteiger partial charge in [-0.15, -0.1) is 0 Å². The lowest BCUT2D eigenvalue weighted by Crippen LogP contribution is -2.24. The first-order valence-corrected chi connectivity index (χ1v) is 5.15. The largest absolute Gasteiger partial charge is 0.398 e. The van der Waals surface area contributed by atoms with E-state index in [0.29, 0.717) is 17.9 Å². The quantitative estimate of drug-likeness (QED) is 0.707. The SMILES string of the molecule is CC1C(N)CCC1c1cnccc1N. The van der Waals surface area contributed by atoms with Gasteiger partial charge in [0.2, 0.25) is 0 Å². The number of pyridine rings is 1. The van der Waals surface area contributed by atoms with Crippen molar-refractivity contribution < 1.29 is 0 Å². The normalized spacial score (nSPS) is 32.0. The molecule has 1 aromatic rings. The number of nitrogen functional groups attached to an aromatic ring is 1. The zero-order valence-electron chi connectivity index (χ0n) is 8.48. The van der Waals surface area contributed by atoms with Gasteiger partial charge in [0.25, 0.3) is 0 Å². The molecule has 0 radical (unpaired) electrons. The van der Waals surface area contributed by atoms with E-state index >= 15 is 0 Å². The molecule has 2 rings (SSSR count). The Hall–Kier alpha value is -1.09. The fourth-order valence-corrected chi connectivity index (χ4v) is 2.36. The van der Waals surface area contributed by atoms with Gasteiger partial charge in [-0.2, -0.15) is 0 Å². The molecule has 0 aromatic carbocycles. The highest BCUT2D eigenvalue weighted by Crippen LogP contribution is 2.40. The van der Waals surface area contributed by atoms with E-state index in [2.05, 4.69) is 11.9 Å². The zero-order chi connectivity index (χ0) is 10.1. The molecule has 1 aliphatic carbocycles. The van der Waals surface area contributed by atoms with E-state index in [1.807, 2.05) is 12.3 Å². The van der Waals surface area contributed by atoms with Crippen molar-refractivity contribution in [1.29, 1.82) is 0 Å². The molecule has 1 heterocycles. The maximum absolute atomic E-state index is 5.99. The average Bonchev–Trinajstić information content (AvgIpc) is 2.49. The van der Waals surface area contributed by atoms with Crippen molar-refractivity contribution in [2.45, 2.75) is 31.7 Å². The topological polar surface area (TPSA) is 64.9 Å². The Bertz CT molecular complexity index is 324. The van der Waals surface area contributed by atoms with E-state index in [4.69, 9.17) is 11.5 Å². The molecule has 14 heavy (non-hydrogen) atoms. The molecule has 0 saturated heterocycles. The summed E-state index contributed by atoms with van der Waals surface area (Å²) in [6.45, 7) is 2.20. The number of aromatic nitrogens is 1. The first kappa shape index (κ1) is 9.46. The standard InChI is InChI=1S/C11H17N3/c1-7-8(2-3-10(7)12)9-6-14-5-4-11(9)13/h4-8,10H,2-3,12H2,1H3,(H2,13,14). The Labute approximate surface area is 84.5 Å². The molecule has 76 valence electrons. The fourth-order valence-electron chi connectivity index (χ4n) is 2.36. The predicted octanol–water partition coefficient (Wildman–Crippen LogP) is 1.50. The Kier molecular flexibility index (Phi) is 2.42. The molecule has 1 saturated carbocycles. The zero-order valence-corrected chi connectivity index (χ0v) is 8.48. The highest BCUT2D eigenvalue weighted by Gasteiger charge is 2.32. The van der Waals surface area contributed by atoms with E-state index in [9.17, 15) is 0 Å². The Balaban J connectivity index is 2.28. The van der Waals surface area contributed by atoms with Gasteiger partial charge < -0.3 is 11.5 Å². The molecule has 0 amide bonds. The third kappa shape index (κ3) is 1.48. The van der Waals surface area contributed by atoms with Crippen LogP contribution in [0.3, 0.4) is 0 Å². The number of rotatable bonds is 1. The van der Waals surface area contributed by atoms with Gasteiger partial charge in [0.05, 0.1) is 0 Å². The monoisotopic (exact) mass is 191 g/mol. The van der Waals surface area contributed by atoms with E-state index in [0.717, 1.165) is 18.5 Å². The van der Waals surface area contributed by atoms with Crippen LogP contribution in [-0.4, -0.2) is 11.0 Å². The number of anilines is 1. The predicted molar refractivity (Wildman–Crippen MR) is 57.8 cm³/mol. The number of hydrogen-bond acceptors (Lipinski definition) is 3. The van der Waals surface area contributed by atoms with Gasteiger partial charge in [-0.1, -0.05) is 6.92 Å². The van der Waals surface area contributed by atoms with Crippen LogP contribution in [0, 0.1) is 5.92 Å². The molecule has 1 aliphatic rings. The van der Waals surface area contributed by atoms with Gasteiger partial charge in [0.15, 0.2) is 0 Å². The molecular weight excluding hydrogens is 174 g/mol. The number of hydrogen-bond donors (Lipinski definition) is 2. The van der Waals surface area contributed by atoms with Gasteiger partial charge in [-0.25, -0.2) is 0 Å². The molecule has 1 fully saturated rings. The van der Waals surface area contributed by atoms with Crippen LogP contribution < -0.4 is 11.5 Å². The van der Waals surface area contributed by atoms with Crippen LogP contribution in [0.15, 0.2) is 18.5 Å². The second-order valence-corrected chi connectivity index (χ2v) is 4.21. The molecular formula is C11H17N3. The third-order valence-corrected chi connectivity index (χ3v) is 3.41. The lowest BCUT2D eigenvalue weighted by atomic mass is 9.89. The molecule has 3 nitrogen and oxygen atoms in total. The first-order chi connectivity index (χ1) is 6.70. The summed E-state index contributed by atoms with van der Waals surface area (Å²) >= 11 is 0. The summed E-state index contributed by atoms with van der Waals surface area (Å²) in [5.41, 5.74) is 13.9. The van der Waals surface area contributed by atoms with Crippen LogP contribution >= 0.6 is 0 Å². The lowest BCUT2D eigenvalue weighted by molar-refractivity contribution is 0.479.